The van der Waals surface area contributed by atoms with Gasteiger partial charge in [0.25, 0.3) is 0 Å². The van der Waals surface area contributed by atoms with Crippen molar-refractivity contribution in [3.05, 3.63) is 29.1 Å². The number of halogens is 5. The summed E-state index contributed by atoms with van der Waals surface area (Å²) in [7, 11) is -4.86. The van der Waals surface area contributed by atoms with Gasteiger partial charge in [0.2, 0.25) is 15.8 Å². The van der Waals surface area contributed by atoms with Crippen LogP contribution in [0.1, 0.15) is 12.8 Å². The fourth-order valence-corrected chi connectivity index (χ4v) is 3.85. The van der Waals surface area contributed by atoms with Crippen molar-refractivity contribution < 1.29 is 35.5 Å². The van der Waals surface area contributed by atoms with Crippen LogP contribution < -0.4 is 0 Å². The molecule has 0 spiro atoms. The average molecular weight is 345 g/mol. The van der Waals surface area contributed by atoms with E-state index >= 15 is 0 Å². The van der Waals surface area contributed by atoms with Crippen LogP contribution in [0.25, 0.3) is 0 Å². The summed E-state index contributed by atoms with van der Waals surface area (Å²) >= 11 is 0. The Hall–Kier alpha value is -1.26. The highest BCUT2D eigenvalue weighted by atomic mass is 32.2. The smallest absolute Gasteiger partial charge is 0.249 e. The average Bonchev–Trinajstić information content (AvgIpc) is 2.51. The number of piperidine rings is 1. The SMILES string of the molecule is O=S(=O)(c1c(F)c(F)c(F)c(F)c1F)N1CCC(CO)CC1. The Balaban J connectivity index is 2.47. The van der Waals surface area contributed by atoms with Crippen LogP contribution in [0.5, 0.6) is 0 Å². The van der Waals surface area contributed by atoms with Gasteiger partial charge in [0.1, 0.15) is 0 Å². The third-order valence-corrected chi connectivity index (χ3v) is 5.52. The van der Waals surface area contributed by atoms with Crippen LogP contribution in [0.3, 0.4) is 0 Å². The van der Waals surface area contributed by atoms with Gasteiger partial charge < -0.3 is 5.11 Å². The van der Waals surface area contributed by atoms with Crippen LogP contribution in [-0.2, 0) is 10.0 Å². The minimum atomic E-state index is -4.86. The van der Waals surface area contributed by atoms with Gasteiger partial charge in [0.05, 0.1) is 0 Å². The van der Waals surface area contributed by atoms with Crippen molar-refractivity contribution in [2.75, 3.05) is 19.7 Å². The van der Waals surface area contributed by atoms with Gasteiger partial charge in [-0.3, -0.25) is 0 Å². The summed E-state index contributed by atoms with van der Waals surface area (Å²) in [6, 6.07) is 0. The standard InChI is InChI=1S/C12H12F5NO3S/c13-7-8(14)10(16)12(11(17)9(7)15)22(20,21)18-3-1-6(5-19)2-4-18/h6,19H,1-5H2. The van der Waals surface area contributed by atoms with Crippen molar-refractivity contribution in [1.82, 2.24) is 4.31 Å². The molecule has 22 heavy (non-hydrogen) atoms. The molecule has 0 unspecified atom stereocenters. The van der Waals surface area contributed by atoms with Gasteiger partial charge in [-0.1, -0.05) is 0 Å². The molecule has 124 valence electrons. The Morgan fingerprint density at radius 3 is 1.73 bits per heavy atom. The number of rotatable bonds is 3. The first-order valence-electron chi connectivity index (χ1n) is 6.34. The lowest BCUT2D eigenvalue weighted by Crippen LogP contribution is -2.40. The molecule has 1 aromatic rings. The molecule has 1 aromatic carbocycles. The molecular weight excluding hydrogens is 333 g/mol. The normalized spacial score (nSPS) is 17.9. The summed E-state index contributed by atoms with van der Waals surface area (Å²) in [6.07, 6.45) is 0.455. The maximum absolute atomic E-state index is 13.6. The Bertz CT molecular complexity index is 657. The third-order valence-electron chi connectivity index (χ3n) is 3.60. The predicted molar refractivity (Wildman–Crippen MR) is 64.8 cm³/mol. The van der Waals surface area contributed by atoms with Crippen molar-refractivity contribution >= 4 is 10.0 Å². The van der Waals surface area contributed by atoms with Crippen LogP contribution in [0, 0.1) is 35.0 Å². The molecule has 4 nitrogen and oxygen atoms in total. The van der Waals surface area contributed by atoms with Gasteiger partial charge in [-0.2, -0.15) is 4.31 Å². The fraction of sp³-hybridized carbons (Fsp3) is 0.500. The lowest BCUT2D eigenvalue weighted by Gasteiger charge is -2.30. The first-order chi connectivity index (χ1) is 10.2. The van der Waals surface area contributed by atoms with Crippen LogP contribution in [0.2, 0.25) is 0 Å². The molecule has 0 radical (unpaired) electrons. The van der Waals surface area contributed by atoms with Crippen molar-refractivity contribution in [1.29, 1.82) is 0 Å². The molecule has 1 N–H and O–H groups in total. The van der Waals surface area contributed by atoms with Crippen LogP contribution in [0.15, 0.2) is 4.90 Å². The summed E-state index contributed by atoms with van der Waals surface area (Å²) in [5.74, 6) is -11.9. The summed E-state index contributed by atoms with van der Waals surface area (Å²) in [6.45, 7) is -0.517. The summed E-state index contributed by atoms with van der Waals surface area (Å²) in [4.78, 5) is -1.84. The Morgan fingerprint density at radius 2 is 1.32 bits per heavy atom. The van der Waals surface area contributed by atoms with E-state index in [1.807, 2.05) is 0 Å². The van der Waals surface area contributed by atoms with Gasteiger partial charge in [-0.15, -0.1) is 0 Å². The summed E-state index contributed by atoms with van der Waals surface area (Å²) in [5, 5.41) is 8.96. The molecular formula is C12H12F5NO3S. The number of sulfonamides is 1. The van der Waals surface area contributed by atoms with Gasteiger partial charge >= 0.3 is 0 Å². The minimum Gasteiger partial charge on any atom is -0.396 e. The van der Waals surface area contributed by atoms with E-state index in [0.29, 0.717) is 4.31 Å². The highest BCUT2D eigenvalue weighted by Gasteiger charge is 2.38. The topological polar surface area (TPSA) is 57.6 Å². The van der Waals surface area contributed by atoms with E-state index in [9.17, 15) is 30.4 Å². The zero-order valence-corrected chi connectivity index (χ0v) is 11.9. The molecule has 1 heterocycles. The molecule has 0 aromatic heterocycles. The van der Waals surface area contributed by atoms with Gasteiger partial charge in [-0.05, 0) is 18.8 Å². The van der Waals surface area contributed by atoms with E-state index < -0.39 is 44.0 Å². The molecule has 2 rings (SSSR count). The molecule has 0 aliphatic carbocycles. The van der Waals surface area contributed by atoms with Crippen molar-refractivity contribution in [2.45, 2.75) is 17.7 Å². The second-order valence-corrected chi connectivity index (χ2v) is 6.80. The maximum Gasteiger partial charge on any atom is 0.249 e. The Morgan fingerprint density at radius 1 is 0.909 bits per heavy atom. The third kappa shape index (κ3) is 2.70. The number of aliphatic hydroxyl groups is 1. The van der Waals surface area contributed by atoms with Gasteiger partial charge in [0.15, 0.2) is 28.2 Å². The molecule has 0 bridgehead atoms. The van der Waals surface area contributed by atoms with Crippen LogP contribution in [-0.4, -0.2) is 37.5 Å². The lowest BCUT2D eigenvalue weighted by atomic mass is 10.00. The predicted octanol–water partition coefficient (Wildman–Crippen LogP) is 1.78. The second kappa shape index (κ2) is 6.09. The first kappa shape index (κ1) is 17.1. The summed E-state index contributed by atoms with van der Waals surface area (Å²) < 4.78 is 91.5. The maximum atomic E-state index is 13.6. The largest absolute Gasteiger partial charge is 0.396 e. The van der Waals surface area contributed by atoms with Crippen LogP contribution in [0.4, 0.5) is 22.0 Å². The number of hydrogen-bond acceptors (Lipinski definition) is 3. The molecule has 1 aliphatic heterocycles. The monoisotopic (exact) mass is 345 g/mol. The summed E-state index contributed by atoms with van der Waals surface area (Å²) in [5.41, 5.74) is 0. The molecule has 1 fully saturated rings. The fourth-order valence-electron chi connectivity index (χ4n) is 2.27. The zero-order chi connectivity index (χ0) is 16.7. The molecule has 1 aliphatic rings. The molecule has 10 heteroatoms. The molecule has 1 saturated heterocycles. The number of aliphatic hydroxyl groups excluding tert-OH is 1. The lowest BCUT2D eigenvalue weighted by molar-refractivity contribution is 0.169. The van der Waals surface area contributed by atoms with Gasteiger partial charge in [0, 0.05) is 19.7 Å². The van der Waals surface area contributed by atoms with E-state index in [2.05, 4.69) is 0 Å². The van der Waals surface area contributed by atoms with Crippen molar-refractivity contribution in [3.8, 4) is 0 Å². The number of benzene rings is 1. The number of nitrogens with zero attached hydrogens (tertiary/aromatic N) is 1. The first-order valence-corrected chi connectivity index (χ1v) is 7.78. The van der Waals surface area contributed by atoms with E-state index in [1.165, 1.54) is 0 Å². The van der Waals surface area contributed by atoms with E-state index in [4.69, 9.17) is 5.11 Å². The minimum absolute atomic E-state index is 0.164. The van der Waals surface area contributed by atoms with Gasteiger partial charge in [-0.25, -0.2) is 30.4 Å². The van der Waals surface area contributed by atoms with E-state index in [1.54, 1.807) is 0 Å². The highest BCUT2D eigenvalue weighted by molar-refractivity contribution is 7.89. The molecule has 0 atom stereocenters. The van der Waals surface area contributed by atoms with E-state index in [0.717, 1.165) is 0 Å². The molecule has 0 saturated carbocycles. The second-order valence-electron chi connectivity index (χ2n) is 4.93. The van der Waals surface area contributed by atoms with Crippen molar-refractivity contribution in [3.63, 3.8) is 0 Å². The highest BCUT2D eigenvalue weighted by Crippen LogP contribution is 2.30. The van der Waals surface area contributed by atoms with Crippen LogP contribution >= 0.6 is 0 Å². The number of hydrogen-bond donors (Lipinski definition) is 1. The Kier molecular flexibility index (Phi) is 4.73. The Labute approximate surface area is 123 Å². The zero-order valence-electron chi connectivity index (χ0n) is 11.1. The quantitative estimate of drug-likeness (QED) is 0.516. The molecule has 0 amide bonds. The van der Waals surface area contributed by atoms with Crippen molar-refractivity contribution in [2.24, 2.45) is 5.92 Å². The van der Waals surface area contributed by atoms with E-state index in [-0.39, 0.29) is 38.5 Å².